The standard InChI is InChI=1S/C21H20N2O3/c24-20(23-26)13-10-15-6-8-16(9-7-15)14-19(17-4-2-1-3-5-17)21(25)22-18-11-12-18/h1-10,13-14,18,26H,11-12H2,(H,22,25)(H,23,24)/b13-10+,19-14+. The molecule has 1 aliphatic carbocycles. The van der Waals surface area contributed by atoms with Crippen LogP contribution >= 0.6 is 0 Å². The minimum atomic E-state index is -0.586. The average Bonchev–Trinajstić information content (AvgIpc) is 3.49. The number of hydrogen-bond acceptors (Lipinski definition) is 3. The number of hydroxylamine groups is 1. The van der Waals surface area contributed by atoms with Gasteiger partial charge in [-0.15, -0.1) is 0 Å². The van der Waals surface area contributed by atoms with Crippen LogP contribution in [0.1, 0.15) is 29.5 Å². The summed E-state index contributed by atoms with van der Waals surface area (Å²) in [6, 6.07) is 17.3. The summed E-state index contributed by atoms with van der Waals surface area (Å²) < 4.78 is 0. The first-order valence-electron chi connectivity index (χ1n) is 8.46. The highest BCUT2D eigenvalue weighted by molar-refractivity contribution is 6.24. The van der Waals surface area contributed by atoms with E-state index in [9.17, 15) is 9.59 Å². The van der Waals surface area contributed by atoms with Gasteiger partial charge in [-0.3, -0.25) is 14.8 Å². The predicted molar refractivity (Wildman–Crippen MR) is 101 cm³/mol. The molecule has 0 aliphatic heterocycles. The second kappa shape index (κ2) is 8.27. The van der Waals surface area contributed by atoms with Gasteiger partial charge >= 0.3 is 0 Å². The molecule has 26 heavy (non-hydrogen) atoms. The van der Waals surface area contributed by atoms with Gasteiger partial charge in [0.25, 0.3) is 11.8 Å². The molecule has 2 amide bonds. The lowest BCUT2D eigenvalue weighted by molar-refractivity contribution is -0.124. The van der Waals surface area contributed by atoms with Crippen LogP contribution in [-0.4, -0.2) is 23.1 Å². The normalized spacial score (nSPS) is 14.3. The van der Waals surface area contributed by atoms with E-state index >= 15 is 0 Å². The lowest BCUT2D eigenvalue weighted by atomic mass is 10.0. The smallest absolute Gasteiger partial charge is 0.267 e. The Balaban J connectivity index is 1.83. The fourth-order valence-corrected chi connectivity index (χ4v) is 2.47. The number of carbonyl (C=O) groups is 2. The van der Waals surface area contributed by atoms with E-state index in [4.69, 9.17) is 5.21 Å². The van der Waals surface area contributed by atoms with Gasteiger partial charge < -0.3 is 5.32 Å². The zero-order chi connectivity index (χ0) is 18.4. The fraction of sp³-hybridized carbons (Fsp3) is 0.143. The first kappa shape index (κ1) is 17.6. The lowest BCUT2D eigenvalue weighted by Crippen LogP contribution is -2.26. The number of nitrogens with one attached hydrogen (secondary N) is 2. The maximum atomic E-state index is 12.6. The molecule has 132 valence electrons. The molecule has 3 N–H and O–H groups in total. The van der Waals surface area contributed by atoms with Crippen LogP contribution in [0.5, 0.6) is 0 Å². The van der Waals surface area contributed by atoms with E-state index in [2.05, 4.69) is 5.32 Å². The SMILES string of the molecule is O=C(/C=C/c1ccc(/C=C(/C(=O)NC2CC2)c2ccccc2)cc1)NO. The highest BCUT2D eigenvalue weighted by Crippen LogP contribution is 2.23. The van der Waals surface area contributed by atoms with E-state index in [0.29, 0.717) is 11.6 Å². The van der Waals surface area contributed by atoms with Crippen molar-refractivity contribution in [2.75, 3.05) is 0 Å². The summed E-state index contributed by atoms with van der Waals surface area (Å²) in [5.41, 5.74) is 4.74. The third-order valence-corrected chi connectivity index (χ3v) is 4.03. The van der Waals surface area contributed by atoms with Gasteiger partial charge in [-0.05, 0) is 41.7 Å². The Kier molecular flexibility index (Phi) is 5.61. The van der Waals surface area contributed by atoms with Crippen molar-refractivity contribution in [2.24, 2.45) is 0 Å². The molecule has 1 aliphatic rings. The molecule has 3 rings (SSSR count). The zero-order valence-corrected chi connectivity index (χ0v) is 14.2. The Morgan fingerprint density at radius 3 is 2.23 bits per heavy atom. The second-order valence-electron chi connectivity index (χ2n) is 6.15. The molecule has 2 aromatic carbocycles. The summed E-state index contributed by atoms with van der Waals surface area (Å²) in [7, 11) is 0. The Morgan fingerprint density at radius 2 is 1.62 bits per heavy atom. The molecule has 0 spiro atoms. The summed E-state index contributed by atoms with van der Waals surface area (Å²) in [5, 5.41) is 11.5. The third kappa shape index (κ3) is 4.91. The molecule has 0 heterocycles. The van der Waals surface area contributed by atoms with E-state index in [-0.39, 0.29) is 5.91 Å². The highest BCUT2D eigenvalue weighted by Gasteiger charge is 2.25. The van der Waals surface area contributed by atoms with Gasteiger partial charge in [0, 0.05) is 17.7 Å². The molecular weight excluding hydrogens is 328 g/mol. The van der Waals surface area contributed by atoms with E-state index in [1.54, 1.807) is 11.6 Å². The van der Waals surface area contributed by atoms with Crippen LogP contribution in [0, 0.1) is 0 Å². The molecule has 0 radical (unpaired) electrons. The Bertz CT molecular complexity index is 835. The summed E-state index contributed by atoms with van der Waals surface area (Å²) in [6.45, 7) is 0. The number of benzene rings is 2. The van der Waals surface area contributed by atoms with Crippen LogP contribution < -0.4 is 10.8 Å². The maximum Gasteiger partial charge on any atom is 0.267 e. The van der Waals surface area contributed by atoms with Crippen molar-refractivity contribution in [1.82, 2.24) is 10.8 Å². The molecular formula is C21H20N2O3. The molecule has 0 aromatic heterocycles. The van der Waals surface area contributed by atoms with Crippen LogP contribution in [0.2, 0.25) is 0 Å². The van der Waals surface area contributed by atoms with Crippen molar-refractivity contribution in [1.29, 1.82) is 0 Å². The first-order chi connectivity index (χ1) is 12.7. The van der Waals surface area contributed by atoms with E-state index < -0.39 is 5.91 Å². The third-order valence-electron chi connectivity index (χ3n) is 4.03. The number of amides is 2. The number of rotatable bonds is 6. The van der Waals surface area contributed by atoms with Gasteiger partial charge in [0.05, 0.1) is 0 Å². The first-order valence-corrected chi connectivity index (χ1v) is 8.46. The molecule has 1 saturated carbocycles. The molecule has 0 bridgehead atoms. The summed E-state index contributed by atoms with van der Waals surface area (Å²) in [6.07, 6.45) is 6.77. The predicted octanol–water partition coefficient (Wildman–Crippen LogP) is 3.02. The van der Waals surface area contributed by atoms with Crippen LogP contribution in [0.4, 0.5) is 0 Å². The van der Waals surface area contributed by atoms with Crippen molar-refractivity contribution < 1.29 is 14.8 Å². The molecule has 0 saturated heterocycles. The van der Waals surface area contributed by atoms with Gasteiger partial charge in [0.15, 0.2) is 0 Å². The van der Waals surface area contributed by atoms with Crippen molar-refractivity contribution in [2.45, 2.75) is 18.9 Å². The van der Waals surface area contributed by atoms with E-state index in [0.717, 1.165) is 29.5 Å². The van der Waals surface area contributed by atoms with Gasteiger partial charge in [-0.25, -0.2) is 5.48 Å². The van der Waals surface area contributed by atoms with E-state index in [1.165, 1.54) is 6.08 Å². The molecule has 2 aromatic rings. The van der Waals surface area contributed by atoms with Crippen LogP contribution in [0.3, 0.4) is 0 Å². The Morgan fingerprint density at radius 1 is 0.962 bits per heavy atom. The monoisotopic (exact) mass is 348 g/mol. The fourth-order valence-electron chi connectivity index (χ4n) is 2.47. The minimum Gasteiger partial charge on any atom is -0.349 e. The topological polar surface area (TPSA) is 78.4 Å². The minimum absolute atomic E-state index is 0.0673. The van der Waals surface area contributed by atoms with Crippen LogP contribution in [0.15, 0.2) is 60.7 Å². The summed E-state index contributed by atoms with van der Waals surface area (Å²) >= 11 is 0. The Labute approximate surface area is 152 Å². The van der Waals surface area contributed by atoms with Crippen molar-refractivity contribution >= 4 is 29.5 Å². The molecule has 5 nitrogen and oxygen atoms in total. The molecule has 1 fully saturated rings. The highest BCUT2D eigenvalue weighted by atomic mass is 16.5. The quantitative estimate of drug-likeness (QED) is 0.325. The second-order valence-corrected chi connectivity index (χ2v) is 6.15. The lowest BCUT2D eigenvalue weighted by Gasteiger charge is -2.09. The molecule has 5 heteroatoms. The summed E-state index contributed by atoms with van der Waals surface area (Å²) in [5.74, 6) is -0.653. The van der Waals surface area contributed by atoms with Crippen LogP contribution in [0.25, 0.3) is 17.7 Å². The summed E-state index contributed by atoms with van der Waals surface area (Å²) in [4.78, 5) is 23.6. The largest absolute Gasteiger partial charge is 0.349 e. The average molecular weight is 348 g/mol. The number of carbonyl (C=O) groups excluding carboxylic acids is 2. The molecule has 0 unspecified atom stereocenters. The molecule has 0 atom stereocenters. The van der Waals surface area contributed by atoms with Crippen molar-refractivity contribution in [3.05, 3.63) is 77.4 Å². The van der Waals surface area contributed by atoms with Crippen molar-refractivity contribution in [3.8, 4) is 0 Å². The van der Waals surface area contributed by atoms with Crippen molar-refractivity contribution in [3.63, 3.8) is 0 Å². The van der Waals surface area contributed by atoms with Gasteiger partial charge in [0.2, 0.25) is 0 Å². The number of hydrogen-bond donors (Lipinski definition) is 3. The zero-order valence-electron chi connectivity index (χ0n) is 14.2. The van der Waals surface area contributed by atoms with Gasteiger partial charge in [0.1, 0.15) is 0 Å². The van der Waals surface area contributed by atoms with E-state index in [1.807, 2.05) is 60.7 Å². The van der Waals surface area contributed by atoms with Gasteiger partial charge in [-0.2, -0.15) is 0 Å². The van der Waals surface area contributed by atoms with Crippen LogP contribution in [-0.2, 0) is 9.59 Å². The Hall–Kier alpha value is -3.18. The maximum absolute atomic E-state index is 12.6. The van der Waals surface area contributed by atoms with Gasteiger partial charge in [-0.1, -0.05) is 54.6 Å².